The molecule has 1 aromatic heterocycles. The van der Waals surface area contributed by atoms with E-state index in [0.29, 0.717) is 29.2 Å². The van der Waals surface area contributed by atoms with E-state index >= 15 is 0 Å². The smallest absolute Gasteiger partial charge is 0.338 e. The summed E-state index contributed by atoms with van der Waals surface area (Å²) in [4.78, 5) is 42.0. The summed E-state index contributed by atoms with van der Waals surface area (Å²) in [6, 6.07) is 15.8. The highest BCUT2D eigenvalue weighted by Gasteiger charge is 2.30. The van der Waals surface area contributed by atoms with Crippen molar-refractivity contribution in [1.29, 1.82) is 0 Å². The third kappa shape index (κ3) is 5.26. The molecule has 0 unspecified atom stereocenters. The predicted molar refractivity (Wildman–Crippen MR) is 128 cm³/mol. The molecule has 1 fully saturated rings. The first-order chi connectivity index (χ1) is 17.1. The van der Waals surface area contributed by atoms with Gasteiger partial charge in [0, 0.05) is 16.4 Å². The number of nitrogens with zero attached hydrogens (tertiary/aromatic N) is 1. The Balaban J connectivity index is 1.40. The molecule has 0 spiro atoms. The van der Waals surface area contributed by atoms with Crippen LogP contribution in [-0.2, 0) is 20.8 Å². The van der Waals surface area contributed by atoms with Crippen LogP contribution in [-0.4, -0.2) is 43.6 Å². The molecule has 1 atom stereocenters. The number of hydrogen-bond acceptors (Lipinski definition) is 7. The van der Waals surface area contributed by atoms with Crippen molar-refractivity contribution in [2.45, 2.75) is 35.3 Å². The minimum absolute atomic E-state index is 0.0826. The molecule has 0 aliphatic carbocycles. The lowest BCUT2D eigenvalue weighted by Crippen LogP contribution is -2.40. The van der Waals surface area contributed by atoms with Crippen LogP contribution in [0.25, 0.3) is 0 Å². The summed E-state index contributed by atoms with van der Waals surface area (Å²) in [5.74, 6) is -0.552. The van der Waals surface area contributed by atoms with Crippen LogP contribution in [0.4, 0.5) is 5.69 Å². The molecule has 9 heteroatoms. The minimum atomic E-state index is -0.496. The number of furan rings is 1. The predicted octanol–water partition coefficient (Wildman–Crippen LogP) is 4.04. The number of ether oxygens (including phenoxy) is 2. The Bertz CT molecular complexity index is 1240. The first-order valence-electron chi connectivity index (χ1n) is 11.4. The number of rotatable bonds is 7. The van der Waals surface area contributed by atoms with Crippen LogP contribution in [0, 0.1) is 0 Å². The van der Waals surface area contributed by atoms with Crippen molar-refractivity contribution in [1.82, 2.24) is 5.32 Å². The number of esters is 1. The van der Waals surface area contributed by atoms with E-state index in [1.165, 1.54) is 22.9 Å². The molecule has 2 aliphatic rings. The first-order valence-corrected chi connectivity index (χ1v) is 12.2. The molecule has 3 aromatic rings. The van der Waals surface area contributed by atoms with Gasteiger partial charge in [-0.1, -0.05) is 23.9 Å². The van der Waals surface area contributed by atoms with E-state index in [4.69, 9.17) is 13.9 Å². The van der Waals surface area contributed by atoms with E-state index in [0.717, 1.165) is 22.6 Å². The molecule has 1 saturated heterocycles. The zero-order valence-electron chi connectivity index (χ0n) is 18.9. The number of carbonyl (C=O) groups excluding carboxylic acids is 3. The lowest BCUT2D eigenvalue weighted by Gasteiger charge is -2.23. The maximum Gasteiger partial charge on any atom is 0.338 e. The Hall–Kier alpha value is -3.56. The summed E-state index contributed by atoms with van der Waals surface area (Å²) in [6.07, 6.45) is 3.27. The van der Waals surface area contributed by atoms with Gasteiger partial charge in [-0.2, -0.15) is 0 Å². The van der Waals surface area contributed by atoms with Gasteiger partial charge in [-0.05, 0) is 55.3 Å². The van der Waals surface area contributed by atoms with Gasteiger partial charge in [-0.3, -0.25) is 14.5 Å². The highest BCUT2D eigenvalue weighted by molar-refractivity contribution is 7.99. The normalized spacial score (nSPS) is 16.9. The van der Waals surface area contributed by atoms with Crippen LogP contribution < -0.4 is 10.2 Å². The van der Waals surface area contributed by atoms with Crippen LogP contribution in [0.5, 0.6) is 0 Å². The molecule has 2 aliphatic heterocycles. The van der Waals surface area contributed by atoms with Crippen molar-refractivity contribution < 1.29 is 28.3 Å². The molecule has 0 radical (unpaired) electrons. The van der Waals surface area contributed by atoms with Gasteiger partial charge in [0.15, 0.2) is 0 Å². The van der Waals surface area contributed by atoms with Crippen LogP contribution in [0.1, 0.15) is 39.3 Å². The molecule has 2 aromatic carbocycles. The molecule has 3 heterocycles. The number of carbonyl (C=O) groups is 3. The third-order valence-corrected chi connectivity index (χ3v) is 6.97. The summed E-state index contributed by atoms with van der Waals surface area (Å²) in [7, 11) is 0. The third-order valence-electron chi connectivity index (χ3n) is 5.83. The van der Waals surface area contributed by atoms with Crippen molar-refractivity contribution in [3.05, 3.63) is 77.7 Å². The average Bonchev–Trinajstić information content (AvgIpc) is 3.58. The fourth-order valence-electron chi connectivity index (χ4n) is 4.03. The van der Waals surface area contributed by atoms with Crippen LogP contribution in [0.3, 0.4) is 0 Å². The Morgan fingerprint density at radius 1 is 1.11 bits per heavy atom. The topological polar surface area (TPSA) is 98.1 Å². The zero-order chi connectivity index (χ0) is 24.2. The second-order valence-corrected chi connectivity index (χ2v) is 9.35. The Morgan fingerprint density at radius 3 is 2.80 bits per heavy atom. The monoisotopic (exact) mass is 492 g/mol. The molecule has 180 valence electrons. The molecule has 35 heavy (non-hydrogen) atoms. The van der Waals surface area contributed by atoms with Gasteiger partial charge in [-0.25, -0.2) is 4.79 Å². The molecular weight excluding hydrogens is 468 g/mol. The van der Waals surface area contributed by atoms with Gasteiger partial charge in [0.25, 0.3) is 5.91 Å². The Kier molecular flexibility index (Phi) is 6.87. The van der Waals surface area contributed by atoms with Crippen LogP contribution in [0.2, 0.25) is 0 Å². The Labute approximate surface area is 206 Å². The van der Waals surface area contributed by atoms with Gasteiger partial charge in [-0.15, -0.1) is 0 Å². The van der Waals surface area contributed by atoms with Crippen molar-refractivity contribution in [2.24, 2.45) is 0 Å². The van der Waals surface area contributed by atoms with Gasteiger partial charge in [0.1, 0.15) is 18.9 Å². The molecule has 0 bridgehead atoms. The fourth-order valence-corrected chi connectivity index (χ4v) is 5.09. The van der Waals surface area contributed by atoms with E-state index in [9.17, 15) is 14.4 Å². The van der Waals surface area contributed by atoms with E-state index in [1.54, 1.807) is 42.5 Å². The molecule has 5 rings (SSSR count). The van der Waals surface area contributed by atoms with Gasteiger partial charge in [0.05, 0.1) is 35.7 Å². The second-order valence-electron chi connectivity index (χ2n) is 8.26. The summed E-state index contributed by atoms with van der Waals surface area (Å²) < 4.78 is 16.2. The van der Waals surface area contributed by atoms with Crippen molar-refractivity contribution in [2.75, 3.05) is 24.7 Å². The number of hydrogen-bond donors (Lipinski definition) is 1. The lowest BCUT2D eigenvalue weighted by atomic mass is 10.1. The number of fused-ring (bicyclic) bond motifs is 2. The zero-order valence-corrected chi connectivity index (χ0v) is 19.7. The maximum atomic E-state index is 13.5. The standard InChI is InChI=1S/C26H24N2O6S/c29-24(27-14-18-5-3-11-32-18)15-28-21-13-17(26(31)34-16-19-6-4-12-33-19)9-10-23(21)35-22-8-2-1-7-20(22)25(28)30/h1-3,5,7-11,13,19H,4,6,12,14-16H2,(H,27,29)/t19-/m0/s1. The SMILES string of the molecule is O=C(CN1C(=O)c2ccccc2Sc2ccc(C(=O)OC[C@@H]3CCCO3)cc21)NCc1ccco1. The largest absolute Gasteiger partial charge is 0.467 e. The molecule has 0 saturated carbocycles. The first kappa shape index (κ1) is 23.2. The lowest BCUT2D eigenvalue weighted by molar-refractivity contribution is -0.120. The van der Waals surface area contributed by atoms with Crippen LogP contribution in [0.15, 0.2) is 75.1 Å². The van der Waals surface area contributed by atoms with Gasteiger partial charge >= 0.3 is 5.97 Å². The molecule has 1 N–H and O–H groups in total. The molecular formula is C26H24N2O6S. The molecule has 8 nitrogen and oxygen atoms in total. The minimum Gasteiger partial charge on any atom is -0.467 e. The highest BCUT2D eigenvalue weighted by atomic mass is 32.2. The molecule has 2 amide bonds. The fraction of sp³-hybridized carbons (Fsp3) is 0.269. The van der Waals surface area contributed by atoms with Crippen molar-refractivity contribution in [3.63, 3.8) is 0 Å². The number of amides is 2. The van der Waals surface area contributed by atoms with E-state index in [-0.39, 0.29) is 37.6 Å². The second kappa shape index (κ2) is 10.4. The van der Waals surface area contributed by atoms with Gasteiger partial charge in [0.2, 0.25) is 5.91 Å². The maximum absolute atomic E-state index is 13.5. The summed E-state index contributed by atoms with van der Waals surface area (Å²) in [5, 5.41) is 2.78. The van der Waals surface area contributed by atoms with E-state index in [1.807, 2.05) is 12.1 Å². The Morgan fingerprint density at radius 2 is 2.00 bits per heavy atom. The van der Waals surface area contributed by atoms with Crippen molar-refractivity contribution in [3.8, 4) is 0 Å². The number of nitrogens with one attached hydrogen (secondary N) is 1. The number of benzene rings is 2. The summed E-state index contributed by atoms with van der Waals surface area (Å²) in [5.41, 5.74) is 1.29. The number of anilines is 1. The van der Waals surface area contributed by atoms with E-state index < -0.39 is 5.97 Å². The highest BCUT2D eigenvalue weighted by Crippen LogP contribution is 2.41. The van der Waals surface area contributed by atoms with E-state index in [2.05, 4.69) is 5.32 Å². The van der Waals surface area contributed by atoms with Crippen molar-refractivity contribution >= 4 is 35.2 Å². The summed E-state index contributed by atoms with van der Waals surface area (Å²) >= 11 is 1.42. The van der Waals surface area contributed by atoms with Crippen LogP contribution >= 0.6 is 11.8 Å². The van der Waals surface area contributed by atoms with Gasteiger partial charge < -0.3 is 19.2 Å². The quantitative estimate of drug-likeness (QED) is 0.497. The summed E-state index contributed by atoms with van der Waals surface area (Å²) in [6.45, 7) is 0.864. The average molecular weight is 493 g/mol.